The van der Waals surface area contributed by atoms with Crippen molar-refractivity contribution < 1.29 is 14.3 Å². The first kappa shape index (κ1) is 12.3. The Bertz CT molecular complexity index is 457. The van der Waals surface area contributed by atoms with E-state index in [0.29, 0.717) is 13.1 Å². The second kappa shape index (κ2) is 5.46. The van der Waals surface area contributed by atoms with Crippen LogP contribution in [-0.2, 0) is 0 Å². The molecule has 1 aliphatic rings. The summed E-state index contributed by atoms with van der Waals surface area (Å²) in [5, 5.41) is 3.13. The van der Waals surface area contributed by atoms with Crippen LogP contribution in [0.25, 0.3) is 0 Å². The molecule has 1 saturated heterocycles. The van der Waals surface area contributed by atoms with Gasteiger partial charge in [-0.3, -0.25) is 9.78 Å². The van der Waals surface area contributed by atoms with Crippen LogP contribution >= 0.6 is 0 Å². The summed E-state index contributed by atoms with van der Waals surface area (Å²) in [5.74, 6) is -0.391. The third-order valence-electron chi connectivity index (χ3n) is 2.58. The lowest BCUT2D eigenvalue weighted by Gasteiger charge is -2.26. The van der Waals surface area contributed by atoms with E-state index in [1.807, 2.05) is 0 Å². The van der Waals surface area contributed by atoms with Gasteiger partial charge >= 0.3 is 6.09 Å². The highest BCUT2D eigenvalue weighted by atomic mass is 16.6. The van der Waals surface area contributed by atoms with Gasteiger partial charge in [0.15, 0.2) is 5.75 Å². The van der Waals surface area contributed by atoms with Gasteiger partial charge in [0.05, 0.1) is 11.8 Å². The predicted octanol–water partition coefficient (Wildman–Crippen LogP) is -0.415. The predicted molar refractivity (Wildman–Crippen MR) is 63.2 cm³/mol. The zero-order valence-electron chi connectivity index (χ0n) is 9.76. The quantitative estimate of drug-likeness (QED) is 0.743. The van der Waals surface area contributed by atoms with Crippen molar-refractivity contribution in [3.63, 3.8) is 0 Å². The van der Waals surface area contributed by atoms with Crippen molar-refractivity contribution >= 4 is 12.0 Å². The number of pyridine rings is 1. The van der Waals surface area contributed by atoms with Gasteiger partial charge in [-0.05, 0) is 6.07 Å². The number of carbonyl (C=O) groups is 2. The van der Waals surface area contributed by atoms with Crippen LogP contribution < -0.4 is 15.8 Å². The van der Waals surface area contributed by atoms with Crippen LogP contribution in [0.15, 0.2) is 18.5 Å². The average molecular weight is 250 g/mol. The molecule has 0 saturated carbocycles. The second-order valence-electron chi connectivity index (χ2n) is 3.88. The molecule has 1 aromatic rings. The summed E-state index contributed by atoms with van der Waals surface area (Å²) in [6.07, 6.45) is 2.25. The summed E-state index contributed by atoms with van der Waals surface area (Å²) in [5.41, 5.74) is 5.33. The molecule has 0 aromatic carbocycles. The zero-order chi connectivity index (χ0) is 13.0. The zero-order valence-corrected chi connectivity index (χ0v) is 9.76. The van der Waals surface area contributed by atoms with Gasteiger partial charge in [-0.1, -0.05) is 0 Å². The van der Waals surface area contributed by atoms with Crippen LogP contribution in [0, 0.1) is 0 Å². The lowest BCUT2D eigenvalue weighted by atomic mass is 10.3. The number of nitrogens with two attached hydrogens (primary N) is 1. The summed E-state index contributed by atoms with van der Waals surface area (Å²) in [4.78, 5) is 28.1. The van der Waals surface area contributed by atoms with Crippen molar-refractivity contribution in [1.82, 2.24) is 15.2 Å². The normalized spacial score (nSPS) is 15.2. The molecule has 2 heterocycles. The smallest absolute Gasteiger partial charge is 0.409 e. The van der Waals surface area contributed by atoms with E-state index in [0.717, 1.165) is 13.1 Å². The Labute approximate surface area is 104 Å². The average Bonchev–Trinajstić information content (AvgIpc) is 2.40. The van der Waals surface area contributed by atoms with E-state index in [1.165, 1.54) is 18.5 Å². The van der Waals surface area contributed by atoms with Gasteiger partial charge < -0.3 is 20.7 Å². The SMILES string of the molecule is NC(=O)c1cncc(OC(=O)N2CCNCC2)c1. The molecule has 0 unspecified atom stereocenters. The number of rotatable bonds is 2. The summed E-state index contributed by atoms with van der Waals surface area (Å²) in [6, 6.07) is 1.40. The molecule has 7 nitrogen and oxygen atoms in total. The van der Waals surface area contributed by atoms with Crippen molar-refractivity contribution in [2.24, 2.45) is 5.73 Å². The van der Waals surface area contributed by atoms with E-state index in [-0.39, 0.29) is 11.3 Å². The Morgan fingerprint density at radius 2 is 2.06 bits per heavy atom. The largest absolute Gasteiger partial charge is 0.415 e. The van der Waals surface area contributed by atoms with Crippen molar-refractivity contribution in [1.29, 1.82) is 0 Å². The number of primary amides is 1. The highest BCUT2D eigenvalue weighted by Crippen LogP contribution is 2.12. The number of aromatic nitrogens is 1. The van der Waals surface area contributed by atoms with Gasteiger partial charge in [-0.25, -0.2) is 4.79 Å². The molecule has 1 aliphatic heterocycles. The lowest BCUT2D eigenvalue weighted by Crippen LogP contribution is -2.47. The minimum absolute atomic E-state index is 0.209. The van der Waals surface area contributed by atoms with E-state index in [1.54, 1.807) is 4.90 Å². The molecule has 1 aromatic heterocycles. The molecule has 0 atom stereocenters. The van der Waals surface area contributed by atoms with Gasteiger partial charge in [-0.2, -0.15) is 0 Å². The molecule has 96 valence electrons. The first-order valence-corrected chi connectivity index (χ1v) is 5.59. The molecule has 3 N–H and O–H groups in total. The molecular formula is C11H14N4O3. The Kier molecular flexibility index (Phi) is 3.73. The molecule has 0 spiro atoms. The fourth-order valence-electron chi connectivity index (χ4n) is 1.62. The van der Waals surface area contributed by atoms with Crippen LogP contribution in [0.5, 0.6) is 5.75 Å². The Morgan fingerprint density at radius 3 is 2.72 bits per heavy atom. The first-order valence-electron chi connectivity index (χ1n) is 5.59. The molecule has 7 heteroatoms. The Morgan fingerprint density at radius 1 is 1.33 bits per heavy atom. The number of nitrogens with zero attached hydrogens (tertiary/aromatic N) is 2. The Hall–Kier alpha value is -2.15. The van der Waals surface area contributed by atoms with Gasteiger partial charge in [0.1, 0.15) is 0 Å². The minimum atomic E-state index is -0.609. The summed E-state index contributed by atoms with van der Waals surface area (Å²) >= 11 is 0. The molecule has 2 amide bonds. The number of hydrogen-bond donors (Lipinski definition) is 2. The fraction of sp³-hybridized carbons (Fsp3) is 0.364. The monoisotopic (exact) mass is 250 g/mol. The van der Waals surface area contributed by atoms with E-state index < -0.39 is 12.0 Å². The highest BCUT2D eigenvalue weighted by Gasteiger charge is 2.18. The topological polar surface area (TPSA) is 97.5 Å². The summed E-state index contributed by atoms with van der Waals surface area (Å²) < 4.78 is 5.13. The number of piperazine rings is 1. The van der Waals surface area contributed by atoms with E-state index in [9.17, 15) is 9.59 Å². The van der Waals surface area contributed by atoms with Crippen LogP contribution in [0.3, 0.4) is 0 Å². The number of carbonyl (C=O) groups excluding carboxylic acids is 2. The maximum Gasteiger partial charge on any atom is 0.415 e. The van der Waals surface area contributed by atoms with E-state index >= 15 is 0 Å². The fourth-order valence-corrected chi connectivity index (χ4v) is 1.62. The van der Waals surface area contributed by atoms with Crippen molar-refractivity contribution in [3.05, 3.63) is 24.0 Å². The lowest BCUT2D eigenvalue weighted by molar-refractivity contribution is 0.0999. The molecule has 0 bridgehead atoms. The molecule has 0 radical (unpaired) electrons. The maximum atomic E-state index is 11.8. The van der Waals surface area contributed by atoms with Gasteiger partial charge in [0.25, 0.3) is 0 Å². The number of hydrogen-bond acceptors (Lipinski definition) is 5. The second-order valence-corrected chi connectivity index (χ2v) is 3.88. The van der Waals surface area contributed by atoms with E-state index in [2.05, 4.69) is 10.3 Å². The van der Waals surface area contributed by atoms with Crippen molar-refractivity contribution in [2.75, 3.05) is 26.2 Å². The number of amides is 2. The standard InChI is InChI=1S/C11H14N4O3/c12-10(16)8-5-9(7-14-6-8)18-11(17)15-3-1-13-2-4-15/h5-7,13H,1-4H2,(H2,12,16). The molecular weight excluding hydrogens is 236 g/mol. The van der Waals surface area contributed by atoms with Crippen LogP contribution in [0.4, 0.5) is 4.79 Å². The van der Waals surface area contributed by atoms with Gasteiger partial charge in [0.2, 0.25) is 5.91 Å². The molecule has 18 heavy (non-hydrogen) atoms. The van der Waals surface area contributed by atoms with Crippen LogP contribution in [0.1, 0.15) is 10.4 Å². The highest BCUT2D eigenvalue weighted by molar-refractivity contribution is 5.92. The molecule has 1 fully saturated rings. The summed E-state index contributed by atoms with van der Waals surface area (Å²) in [6.45, 7) is 2.69. The van der Waals surface area contributed by atoms with Gasteiger partial charge in [0, 0.05) is 32.4 Å². The van der Waals surface area contributed by atoms with Crippen molar-refractivity contribution in [3.8, 4) is 5.75 Å². The molecule has 2 rings (SSSR count). The minimum Gasteiger partial charge on any atom is -0.409 e. The van der Waals surface area contributed by atoms with Gasteiger partial charge in [-0.15, -0.1) is 0 Å². The first-order chi connectivity index (χ1) is 8.66. The maximum absolute atomic E-state index is 11.8. The summed E-state index contributed by atoms with van der Waals surface area (Å²) in [7, 11) is 0. The Balaban J connectivity index is 2.02. The van der Waals surface area contributed by atoms with Crippen LogP contribution in [-0.4, -0.2) is 48.1 Å². The number of ether oxygens (including phenoxy) is 1. The third-order valence-corrected chi connectivity index (χ3v) is 2.58. The molecule has 0 aliphatic carbocycles. The van der Waals surface area contributed by atoms with Crippen LogP contribution in [0.2, 0.25) is 0 Å². The van der Waals surface area contributed by atoms with E-state index in [4.69, 9.17) is 10.5 Å². The number of nitrogens with one attached hydrogen (secondary N) is 1. The van der Waals surface area contributed by atoms with Crippen molar-refractivity contribution in [2.45, 2.75) is 0 Å². The third kappa shape index (κ3) is 2.95.